The van der Waals surface area contributed by atoms with Crippen LogP contribution in [0.3, 0.4) is 0 Å². The van der Waals surface area contributed by atoms with Crippen LogP contribution in [0, 0.1) is 5.82 Å². The molecule has 2 N–H and O–H groups in total. The van der Waals surface area contributed by atoms with Gasteiger partial charge < -0.3 is 5.73 Å². The molecule has 21 heavy (non-hydrogen) atoms. The van der Waals surface area contributed by atoms with Crippen LogP contribution in [0.4, 0.5) is 4.39 Å². The molecule has 2 aromatic rings. The number of sulfone groups is 1. The Hall–Kier alpha value is -1.43. The van der Waals surface area contributed by atoms with Crippen LogP contribution in [0.2, 0.25) is 5.02 Å². The van der Waals surface area contributed by atoms with Gasteiger partial charge in [-0.1, -0.05) is 23.7 Å². The van der Waals surface area contributed by atoms with Crippen molar-refractivity contribution in [3.05, 3.63) is 64.9 Å². The van der Waals surface area contributed by atoms with Crippen LogP contribution >= 0.6 is 11.6 Å². The first-order valence-corrected chi connectivity index (χ1v) is 8.34. The molecule has 1 saturated carbocycles. The van der Waals surface area contributed by atoms with Gasteiger partial charge in [-0.15, -0.1) is 0 Å². The van der Waals surface area contributed by atoms with E-state index in [4.69, 9.17) is 17.3 Å². The van der Waals surface area contributed by atoms with Gasteiger partial charge in [0, 0.05) is 17.0 Å². The van der Waals surface area contributed by atoms with Crippen molar-refractivity contribution < 1.29 is 12.8 Å². The monoisotopic (exact) mass is 325 g/mol. The summed E-state index contributed by atoms with van der Waals surface area (Å²) >= 11 is 5.77. The number of nitrogens with two attached hydrogens (primary N) is 1. The number of hydrogen-bond acceptors (Lipinski definition) is 3. The molecule has 1 fully saturated rings. The third-order valence-electron chi connectivity index (χ3n) is 3.74. The first-order valence-electron chi connectivity index (χ1n) is 6.42. The van der Waals surface area contributed by atoms with Gasteiger partial charge in [0.05, 0.1) is 10.1 Å². The third-order valence-corrected chi connectivity index (χ3v) is 6.25. The Morgan fingerprint density at radius 1 is 1.10 bits per heavy atom. The maximum Gasteiger partial charge on any atom is 0.183 e. The first kappa shape index (κ1) is 14.5. The van der Waals surface area contributed by atoms with E-state index in [1.807, 2.05) is 0 Å². The van der Waals surface area contributed by atoms with Crippen molar-refractivity contribution in [1.29, 1.82) is 0 Å². The Bertz CT molecular complexity index is 777. The molecule has 1 aliphatic rings. The van der Waals surface area contributed by atoms with Gasteiger partial charge in [-0.2, -0.15) is 0 Å². The van der Waals surface area contributed by atoms with Gasteiger partial charge in [0.25, 0.3) is 0 Å². The fraction of sp³-hybridized carbons (Fsp3) is 0.200. The molecule has 0 saturated heterocycles. The SMILES string of the molecule is N[C@@H]1[C@H](c2cccc(F)c2)[C@@H]1S(=O)(=O)c1ccc(Cl)cc1. The summed E-state index contributed by atoms with van der Waals surface area (Å²) in [5, 5.41) is -0.254. The lowest BCUT2D eigenvalue weighted by molar-refractivity contribution is 0.593. The minimum absolute atomic E-state index is 0.186. The van der Waals surface area contributed by atoms with E-state index in [0.29, 0.717) is 10.6 Å². The average molecular weight is 326 g/mol. The molecule has 0 heterocycles. The molecule has 0 radical (unpaired) electrons. The van der Waals surface area contributed by atoms with Crippen LogP contribution in [0.5, 0.6) is 0 Å². The zero-order chi connectivity index (χ0) is 15.2. The van der Waals surface area contributed by atoms with Gasteiger partial charge in [0.2, 0.25) is 0 Å². The van der Waals surface area contributed by atoms with Crippen LogP contribution in [0.1, 0.15) is 11.5 Å². The predicted octanol–water partition coefficient (Wildman–Crippen LogP) is 2.75. The fourth-order valence-electron chi connectivity index (χ4n) is 2.61. The summed E-state index contributed by atoms with van der Waals surface area (Å²) in [6.45, 7) is 0. The summed E-state index contributed by atoms with van der Waals surface area (Å²) in [6.07, 6.45) is 0. The Morgan fingerprint density at radius 3 is 2.38 bits per heavy atom. The van der Waals surface area contributed by atoms with Crippen molar-refractivity contribution in [2.24, 2.45) is 5.73 Å². The molecule has 3 nitrogen and oxygen atoms in total. The van der Waals surface area contributed by atoms with Gasteiger partial charge in [-0.3, -0.25) is 0 Å². The van der Waals surface area contributed by atoms with E-state index < -0.39 is 26.9 Å². The van der Waals surface area contributed by atoms with E-state index in [1.54, 1.807) is 12.1 Å². The normalized spacial score (nSPS) is 24.8. The molecule has 2 aromatic carbocycles. The Morgan fingerprint density at radius 2 is 1.76 bits per heavy atom. The first-order chi connectivity index (χ1) is 9.91. The molecular weight excluding hydrogens is 313 g/mol. The Balaban J connectivity index is 1.93. The molecule has 0 unspecified atom stereocenters. The number of rotatable bonds is 3. The van der Waals surface area contributed by atoms with Gasteiger partial charge in [-0.25, -0.2) is 12.8 Å². The number of hydrogen-bond donors (Lipinski definition) is 1. The highest BCUT2D eigenvalue weighted by Crippen LogP contribution is 2.47. The molecule has 0 aliphatic heterocycles. The molecule has 3 atom stereocenters. The molecule has 0 aromatic heterocycles. The molecular formula is C15H13ClFNO2S. The topological polar surface area (TPSA) is 60.2 Å². The second kappa shape index (κ2) is 5.09. The number of halogens is 2. The minimum atomic E-state index is -3.55. The summed E-state index contributed by atoms with van der Waals surface area (Å²) < 4.78 is 38.4. The minimum Gasteiger partial charge on any atom is -0.326 e. The Labute approximate surface area is 127 Å². The molecule has 6 heteroatoms. The van der Waals surface area contributed by atoms with E-state index in [-0.39, 0.29) is 10.8 Å². The van der Waals surface area contributed by atoms with Gasteiger partial charge in [0.15, 0.2) is 9.84 Å². The standard InChI is InChI=1S/C15H13ClFNO2S/c16-10-4-6-12(7-5-10)21(19,20)15-13(14(15)18)9-2-1-3-11(17)8-9/h1-8,13-15H,18H2/t13-,14+,15-/m0/s1. The maximum atomic E-state index is 13.3. The fourth-order valence-corrected chi connectivity index (χ4v) is 4.78. The highest BCUT2D eigenvalue weighted by atomic mass is 35.5. The van der Waals surface area contributed by atoms with E-state index in [0.717, 1.165) is 0 Å². The van der Waals surface area contributed by atoms with Crippen LogP contribution in [0.15, 0.2) is 53.4 Å². The molecule has 0 amide bonds. The van der Waals surface area contributed by atoms with E-state index >= 15 is 0 Å². The zero-order valence-corrected chi connectivity index (χ0v) is 12.5. The summed E-state index contributed by atoms with van der Waals surface area (Å²) in [7, 11) is -3.55. The van der Waals surface area contributed by atoms with Gasteiger partial charge >= 0.3 is 0 Å². The maximum absolute atomic E-state index is 13.3. The second-order valence-corrected chi connectivity index (χ2v) is 7.66. The molecule has 0 bridgehead atoms. The van der Waals surface area contributed by atoms with Crippen LogP contribution in [0.25, 0.3) is 0 Å². The van der Waals surface area contributed by atoms with Gasteiger partial charge in [-0.05, 0) is 42.0 Å². The van der Waals surface area contributed by atoms with E-state index in [9.17, 15) is 12.8 Å². The average Bonchev–Trinajstić information content (AvgIpc) is 3.12. The van der Waals surface area contributed by atoms with Crippen molar-refractivity contribution in [2.75, 3.05) is 0 Å². The Kier molecular flexibility index (Phi) is 3.51. The van der Waals surface area contributed by atoms with Crippen molar-refractivity contribution in [2.45, 2.75) is 22.1 Å². The molecule has 3 rings (SSSR count). The molecule has 0 spiro atoms. The number of benzene rings is 2. The highest BCUT2D eigenvalue weighted by molar-refractivity contribution is 7.92. The summed E-state index contributed by atoms with van der Waals surface area (Å²) in [5.74, 6) is -0.768. The summed E-state index contributed by atoms with van der Waals surface area (Å²) in [4.78, 5) is 0.186. The zero-order valence-electron chi connectivity index (χ0n) is 10.9. The highest BCUT2D eigenvalue weighted by Gasteiger charge is 2.57. The van der Waals surface area contributed by atoms with Crippen LogP contribution in [-0.2, 0) is 9.84 Å². The van der Waals surface area contributed by atoms with Crippen molar-refractivity contribution in [3.63, 3.8) is 0 Å². The lowest BCUT2D eigenvalue weighted by Crippen LogP contribution is -2.15. The predicted molar refractivity (Wildman–Crippen MR) is 79.5 cm³/mol. The van der Waals surface area contributed by atoms with Crippen molar-refractivity contribution in [1.82, 2.24) is 0 Å². The quantitative estimate of drug-likeness (QED) is 0.944. The smallest absolute Gasteiger partial charge is 0.183 e. The molecule has 110 valence electrons. The summed E-state index contributed by atoms with van der Waals surface area (Å²) in [6, 6.07) is 11.4. The largest absolute Gasteiger partial charge is 0.326 e. The lowest BCUT2D eigenvalue weighted by atomic mass is 10.1. The third kappa shape index (κ3) is 2.57. The van der Waals surface area contributed by atoms with E-state index in [2.05, 4.69) is 0 Å². The van der Waals surface area contributed by atoms with E-state index in [1.165, 1.54) is 36.4 Å². The summed E-state index contributed by atoms with van der Waals surface area (Å²) in [5.41, 5.74) is 6.53. The van der Waals surface area contributed by atoms with Crippen LogP contribution in [-0.4, -0.2) is 19.7 Å². The van der Waals surface area contributed by atoms with Crippen molar-refractivity contribution >= 4 is 21.4 Å². The molecule has 1 aliphatic carbocycles. The van der Waals surface area contributed by atoms with Crippen LogP contribution < -0.4 is 5.73 Å². The lowest BCUT2D eigenvalue weighted by Gasteiger charge is -2.04. The van der Waals surface area contributed by atoms with Crippen molar-refractivity contribution in [3.8, 4) is 0 Å². The second-order valence-electron chi connectivity index (χ2n) is 5.12. The van der Waals surface area contributed by atoms with Gasteiger partial charge in [0.1, 0.15) is 5.82 Å².